The third-order valence-corrected chi connectivity index (χ3v) is 5.03. The summed E-state index contributed by atoms with van der Waals surface area (Å²) in [5.41, 5.74) is 2.30. The molecule has 1 aliphatic rings. The van der Waals surface area contributed by atoms with Crippen LogP contribution in [0.5, 0.6) is 0 Å². The van der Waals surface area contributed by atoms with Crippen LogP contribution < -0.4 is 4.90 Å². The van der Waals surface area contributed by atoms with Gasteiger partial charge in [-0.25, -0.2) is 4.39 Å². The first-order chi connectivity index (χ1) is 13.0. The molecule has 7 heteroatoms. The van der Waals surface area contributed by atoms with Gasteiger partial charge in [-0.3, -0.25) is 9.89 Å². The molecule has 2 aromatic carbocycles. The minimum atomic E-state index is -0.702. The van der Waals surface area contributed by atoms with Crippen LogP contribution in [0.25, 0.3) is 10.9 Å². The molecule has 2 N–H and O–H groups in total. The Balaban J connectivity index is 1.47. The maximum absolute atomic E-state index is 14.4. The van der Waals surface area contributed by atoms with Gasteiger partial charge in [0.2, 0.25) is 0 Å². The van der Waals surface area contributed by atoms with E-state index in [1.54, 1.807) is 24.0 Å². The summed E-state index contributed by atoms with van der Waals surface area (Å²) >= 11 is 0. The Labute approximate surface area is 156 Å². The monoisotopic (exact) mass is 368 g/mol. The van der Waals surface area contributed by atoms with Crippen molar-refractivity contribution < 1.29 is 14.3 Å². The third-order valence-electron chi connectivity index (χ3n) is 5.03. The molecule has 27 heavy (non-hydrogen) atoms. The number of halogens is 1. The number of piperazine rings is 1. The predicted molar refractivity (Wildman–Crippen MR) is 101 cm³/mol. The Morgan fingerprint density at radius 3 is 2.63 bits per heavy atom. The Morgan fingerprint density at radius 2 is 1.93 bits per heavy atom. The van der Waals surface area contributed by atoms with E-state index in [2.05, 4.69) is 10.2 Å². The number of aromatic amines is 1. The van der Waals surface area contributed by atoms with Gasteiger partial charge in [-0.05, 0) is 30.7 Å². The second kappa shape index (κ2) is 7.00. The lowest BCUT2D eigenvalue weighted by molar-refractivity contribution is 0.0742. The highest BCUT2D eigenvalue weighted by Gasteiger charge is 2.26. The summed E-state index contributed by atoms with van der Waals surface area (Å²) in [5.74, 6) is -0.469. The molecule has 1 unspecified atom stereocenters. The van der Waals surface area contributed by atoms with Gasteiger partial charge >= 0.3 is 0 Å². The second-order valence-corrected chi connectivity index (χ2v) is 6.78. The summed E-state index contributed by atoms with van der Waals surface area (Å²) in [7, 11) is 0. The number of amides is 1. The quantitative estimate of drug-likeness (QED) is 0.746. The average Bonchev–Trinajstić information content (AvgIpc) is 3.11. The third kappa shape index (κ3) is 3.26. The number of anilines is 1. The van der Waals surface area contributed by atoms with Gasteiger partial charge in [-0.15, -0.1) is 0 Å². The van der Waals surface area contributed by atoms with E-state index in [1.807, 2.05) is 29.2 Å². The summed E-state index contributed by atoms with van der Waals surface area (Å²) in [4.78, 5) is 16.5. The number of fused-ring (bicyclic) bond motifs is 1. The summed E-state index contributed by atoms with van der Waals surface area (Å²) in [6.07, 6.45) is -0.702. The van der Waals surface area contributed by atoms with Crippen molar-refractivity contribution in [2.24, 2.45) is 0 Å². The van der Waals surface area contributed by atoms with Gasteiger partial charge in [-0.1, -0.05) is 24.3 Å². The summed E-state index contributed by atoms with van der Waals surface area (Å²) in [5, 5.41) is 17.4. The lowest BCUT2D eigenvalue weighted by Crippen LogP contribution is -2.49. The van der Waals surface area contributed by atoms with Crippen molar-refractivity contribution in [3.05, 3.63) is 59.5 Å². The number of hydrogen-bond acceptors (Lipinski definition) is 4. The smallest absolute Gasteiger partial charge is 0.275 e. The van der Waals surface area contributed by atoms with Gasteiger partial charge in [-0.2, -0.15) is 5.10 Å². The number of H-pyrrole nitrogens is 1. The minimum absolute atomic E-state index is 0.114. The van der Waals surface area contributed by atoms with Crippen LogP contribution in [-0.4, -0.2) is 52.3 Å². The summed E-state index contributed by atoms with van der Waals surface area (Å²) in [6.45, 7) is 3.69. The number of aliphatic hydroxyl groups is 1. The van der Waals surface area contributed by atoms with Crippen molar-refractivity contribution in [3.63, 3.8) is 0 Å². The number of rotatable bonds is 3. The molecule has 6 nitrogen and oxygen atoms in total. The molecule has 1 fully saturated rings. The van der Waals surface area contributed by atoms with Crippen LogP contribution in [0.1, 0.15) is 29.1 Å². The van der Waals surface area contributed by atoms with Crippen molar-refractivity contribution in [3.8, 4) is 0 Å². The van der Waals surface area contributed by atoms with E-state index < -0.39 is 6.10 Å². The summed E-state index contributed by atoms with van der Waals surface area (Å²) in [6, 6.07) is 12.3. The highest BCUT2D eigenvalue weighted by Crippen LogP contribution is 2.25. The number of benzene rings is 2. The van der Waals surface area contributed by atoms with Crippen LogP contribution in [0.15, 0.2) is 42.5 Å². The number of carbonyl (C=O) groups is 1. The van der Waals surface area contributed by atoms with E-state index in [0.29, 0.717) is 43.1 Å². The van der Waals surface area contributed by atoms with Crippen LogP contribution in [-0.2, 0) is 0 Å². The standard InChI is InChI=1S/C20H21FN4O2/c1-13(26)14-6-7-18(16(21)12-14)24-8-10-25(11-9-24)20(27)19-15-4-2-3-5-17(15)22-23-19/h2-7,12-13,26H,8-11H2,1H3,(H,22,23). The fraction of sp³-hybridized carbons (Fsp3) is 0.300. The Hall–Kier alpha value is -2.93. The molecule has 0 aliphatic carbocycles. The molecular weight excluding hydrogens is 347 g/mol. The lowest BCUT2D eigenvalue weighted by atomic mass is 10.1. The Morgan fingerprint density at radius 1 is 1.19 bits per heavy atom. The lowest BCUT2D eigenvalue weighted by Gasteiger charge is -2.36. The van der Waals surface area contributed by atoms with Crippen molar-refractivity contribution in [2.45, 2.75) is 13.0 Å². The van der Waals surface area contributed by atoms with Gasteiger partial charge in [0.05, 0.1) is 17.3 Å². The molecule has 1 atom stereocenters. The highest BCUT2D eigenvalue weighted by molar-refractivity contribution is 6.04. The first kappa shape index (κ1) is 17.5. The summed E-state index contributed by atoms with van der Waals surface area (Å²) < 4.78 is 14.4. The molecule has 0 saturated carbocycles. The Bertz CT molecular complexity index is 977. The molecule has 1 aliphatic heterocycles. The number of para-hydroxylation sites is 1. The molecule has 3 aromatic rings. The molecule has 1 saturated heterocycles. The van der Waals surface area contributed by atoms with Crippen molar-refractivity contribution in [1.82, 2.24) is 15.1 Å². The van der Waals surface area contributed by atoms with E-state index in [4.69, 9.17) is 0 Å². The predicted octanol–water partition coefficient (Wildman–Crippen LogP) is 2.72. The zero-order valence-electron chi connectivity index (χ0n) is 15.0. The number of aromatic nitrogens is 2. The van der Waals surface area contributed by atoms with Crippen LogP contribution in [0.2, 0.25) is 0 Å². The zero-order chi connectivity index (χ0) is 19.0. The van der Waals surface area contributed by atoms with Gasteiger partial charge in [0.1, 0.15) is 5.82 Å². The molecule has 1 aromatic heterocycles. The largest absolute Gasteiger partial charge is 0.389 e. The van der Waals surface area contributed by atoms with E-state index >= 15 is 0 Å². The van der Waals surface area contributed by atoms with Gasteiger partial charge in [0.15, 0.2) is 5.69 Å². The SMILES string of the molecule is CC(O)c1ccc(N2CCN(C(=O)c3n[nH]c4ccccc34)CC2)c(F)c1. The number of hydrogen-bond donors (Lipinski definition) is 2. The number of nitrogens with zero attached hydrogens (tertiary/aromatic N) is 3. The molecule has 140 valence electrons. The first-order valence-corrected chi connectivity index (χ1v) is 8.99. The van der Waals surface area contributed by atoms with Gasteiger partial charge in [0.25, 0.3) is 5.91 Å². The van der Waals surface area contributed by atoms with Crippen molar-refractivity contribution >= 4 is 22.5 Å². The van der Waals surface area contributed by atoms with E-state index in [0.717, 1.165) is 10.9 Å². The average molecular weight is 368 g/mol. The molecule has 0 radical (unpaired) electrons. The Kier molecular flexibility index (Phi) is 4.53. The van der Waals surface area contributed by atoms with Crippen LogP contribution in [0.3, 0.4) is 0 Å². The zero-order valence-corrected chi connectivity index (χ0v) is 15.0. The molecule has 2 heterocycles. The van der Waals surface area contributed by atoms with Crippen LogP contribution in [0, 0.1) is 5.82 Å². The number of aliphatic hydroxyl groups excluding tert-OH is 1. The maximum Gasteiger partial charge on any atom is 0.275 e. The fourth-order valence-electron chi connectivity index (χ4n) is 3.47. The highest BCUT2D eigenvalue weighted by atomic mass is 19.1. The minimum Gasteiger partial charge on any atom is -0.389 e. The first-order valence-electron chi connectivity index (χ1n) is 8.99. The molecule has 1 amide bonds. The van der Waals surface area contributed by atoms with E-state index in [-0.39, 0.29) is 11.7 Å². The maximum atomic E-state index is 14.4. The normalized spacial score (nSPS) is 16.0. The van der Waals surface area contributed by atoms with E-state index in [1.165, 1.54) is 6.07 Å². The fourth-order valence-corrected chi connectivity index (χ4v) is 3.47. The van der Waals surface area contributed by atoms with Crippen LogP contribution in [0.4, 0.5) is 10.1 Å². The van der Waals surface area contributed by atoms with Crippen molar-refractivity contribution in [1.29, 1.82) is 0 Å². The van der Waals surface area contributed by atoms with E-state index in [9.17, 15) is 14.3 Å². The topological polar surface area (TPSA) is 72.5 Å². The van der Waals surface area contributed by atoms with Crippen LogP contribution >= 0.6 is 0 Å². The molecule has 4 rings (SSSR count). The van der Waals surface area contributed by atoms with Gasteiger partial charge in [0, 0.05) is 31.6 Å². The molecule has 0 spiro atoms. The number of carbonyl (C=O) groups excluding carboxylic acids is 1. The van der Waals surface area contributed by atoms with Gasteiger partial charge < -0.3 is 14.9 Å². The second-order valence-electron chi connectivity index (χ2n) is 6.78. The molecule has 0 bridgehead atoms. The molecular formula is C20H21FN4O2. The van der Waals surface area contributed by atoms with Crippen molar-refractivity contribution in [2.75, 3.05) is 31.1 Å². The number of nitrogens with one attached hydrogen (secondary N) is 1.